The third-order valence-corrected chi connectivity index (χ3v) is 3.63. The molecule has 0 spiro atoms. The summed E-state index contributed by atoms with van der Waals surface area (Å²) < 4.78 is 10.9. The van der Waals surface area contributed by atoms with Gasteiger partial charge in [-0.05, 0) is 43.9 Å². The first kappa shape index (κ1) is 15.3. The van der Waals surface area contributed by atoms with Crippen molar-refractivity contribution in [3.05, 3.63) is 39.2 Å². The maximum Gasteiger partial charge on any atom is 0.339 e. The number of fused-ring (bicyclic) bond motifs is 1. The second-order valence-electron chi connectivity index (χ2n) is 5.15. The predicted octanol–water partition coefficient (Wildman–Crippen LogP) is 3.19. The summed E-state index contributed by atoms with van der Waals surface area (Å²) in [6, 6.07) is 3.70. The topological polar surface area (TPSA) is 56.5 Å². The van der Waals surface area contributed by atoms with Crippen LogP contribution in [0.1, 0.15) is 37.5 Å². The fraction of sp³-hybridized carbons (Fsp3) is 0.412. The molecule has 1 aromatic heterocycles. The Morgan fingerprint density at radius 1 is 1.24 bits per heavy atom. The van der Waals surface area contributed by atoms with Crippen LogP contribution in [0.4, 0.5) is 0 Å². The van der Waals surface area contributed by atoms with Crippen molar-refractivity contribution in [3.8, 4) is 5.75 Å². The van der Waals surface area contributed by atoms with Gasteiger partial charge in [-0.15, -0.1) is 0 Å². The third kappa shape index (κ3) is 2.99. The van der Waals surface area contributed by atoms with E-state index in [9.17, 15) is 9.59 Å². The molecule has 2 rings (SSSR count). The first-order valence-electron chi connectivity index (χ1n) is 7.19. The molecule has 0 N–H and O–H groups in total. The van der Waals surface area contributed by atoms with Crippen LogP contribution in [0.5, 0.6) is 5.75 Å². The zero-order valence-electron chi connectivity index (χ0n) is 12.9. The van der Waals surface area contributed by atoms with E-state index in [2.05, 4.69) is 0 Å². The highest BCUT2D eigenvalue weighted by molar-refractivity contribution is 5.84. The van der Waals surface area contributed by atoms with E-state index in [0.717, 1.165) is 22.9 Å². The van der Waals surface area contributed by atoms with Crippen LogP contribution < -0.4 is 10.4 Å². The molecule has 0 aliphatic carbocycles. The van der Waals surface area contributed by atoms with Crippen molar-refractivity contribution >= 4 is 16.8 Å². The monoisotopic (exact) mass is 288 g/mol. The summed E-state index contributed by atoms with van der Waals surface area (Å²) in [6.07, 6.45) is 1.43. The van der Waals surface area contributed by atoms with Crippen molar-refractivity contribution in [3.63, 3.8) is 0 Å². The van der Waals surface area contributed by atoms with Crippen molar-refractivity contribution in [1.82, 2.24) is 0 Å². The van der Waals surface area contributed by atoms with Crippen molar-refractivity contribution < 1.29 is 13.9 Å². The van der Waals surface area contributed by atoms with Crippen molar-refractivity contribution in [2.75, 3.05) is 6.61 Å². The van der Waals surface area contributed by atoms with Crippen molar-refractivity contribution in [2.45, 2.75) is 40.5 Å². The van der Waals surface area contributed by atoms with Crippen LogP contribution in [-0.2, 0) is 17.6 Å². The third-order valence-electron chi connectivity index (χ3n) is 3.63. The molecular formula is C17H20O4. The van der Waals surface area contributed by atoms with Gasteiger partial charge in [-0.3, -0.25) is 4.79 Å². The number of hydrogen-bond acceptors (Lipinski definition) is 4. The van der Waals surface area contributed by atoms with Gasteiger partial charge in [0.25, 0.3) is 0 Å². The van der Waals surface area contributed by atoms with Crippen LogP contribution in [0, 0.1) is 6.92 Å². The number of aryl methyl sites for hydroxylation is 2. The molecule has 21 heavy (non-hydrogen) atoms. The van der Waals surface area contributed by atoms with Crippen LogP contribution in [0.15, 0.2) is 21.3 Å². The number of ether oxygens (including phenoxy) is 1. The van der Waals surface area contributed by atoms with Gasteiger partial charge in [0, 0.05) is 17.0 Å². The van der Waals surface area contributed by atoms with Crippen LogP contribution in [0.3, 0.4) is 0 Å². The molecule has 0 amide bonds. The summed E-state index contributed by atoms with van der Waals surface area (Å²) in [7, 11) is 0. The minimum atomic E-state index is -0.302. The van der Waals surface area contributed by atoms with Gasteiger partial charge in [-0.25, -0.2) is 4.79 Å². The Kier molecular flexibility index (Phi) is 4.46. The molecule has 0 saturated heterocycles. The lowest BCUT2D eigenvalue weighted by Gasteiger charge is -2.12. The molecule has 0 radical (unpaired) electrons. The summed E-state index contributed by atoms with van der Waals surface area (Å²) in [5, 5.41) is 0.929. The Bertz CT molecular complexity index is 741. The second kappa shape index (κ2) is 6.12. The molecule has 1 heterocycles. The highest BCUT2D eigenvalue weighted by Gasteiger charge is 2.13. The largest absolute Gasteiger partial charge is 0.485 e. The Morgan fingerprint density at radius 2 is 1.95 bits per heavy atom. The summed E-state index contributed by atoms with van der Waals surface area (Å²) in [5.74, 6) is 0.558. The van der Waals surface area contributed by atoms with Gasteiger partial charge < -0.3 is 9.15 Å². The molecule has 4 nitrogen and oxygen atoms in total. The van der Waals surface area contributed by atoms with Crippen LogP contribution in [0.2, 0.25) is 0 Å². The summed E-state index contributed by atoms with van der Waals surface area (Å²) in [4.78, 5) is 23.0. The molecule has 0 aliphatic rings. The number of carbonyl (C=O) groups is 1. The van der Waals surface area contributed by atoms with E-state index < -0.39 is 0 Å². The van der Waals surface area contributed by atoms with Crippen LogP contribution in [-0.4, -0.2) is 12.4 Å². The number of carbonyl (C=O) groups excluding carboxylic acids is 1. The van der Waals surface area contributed by atoms with Crippen LogP contribution >= 0.6 is 0 Å². The minimum Gasteiger partial charge on any atom is -0.485 e. The van der Waals surface area contributed by atoms with E-state index in [0.29, 0.717) is 23.3 Å². The smallest absolute Gasteiger partial charge is 0.339 e. The quantitative estimate of drug-likeness (QED) is 0.793. The summed E-state index contributed by atoms with van der Waals surface area (Å²) in [6.45, 7) is 7.40. The lowest BCUT2D eigenvalue weighted by Crippen LogP contribution is -2.11. The van der Waals surface area contributed by atoms with Gasteiger partial charge in [0.05, 0.1) is 0 Å². The van der Waals surface area contributed by atoms with E-state index in [1.807, 2.05) is 26.8 Å². The first-order chi connectivity index (χ1) is 9.97. The predicted molar refractivity (Wildman–Crippen MR) is 82.2 cm³/mol. The van der Waals surface area contributed by atoms with E-state index in [-0.39, 0.29) is 18.0 Å². The van der Waals surface area contributed by atoms with Gasteiger partial charge in [-0.2, -0.15) is 0 Å². The fourth-order valence-electron chi connectivity index (χ4n) is 2.46. The number of ketones is 1. The number of rotatable bonds is 5. The molecule has 0 aliphatic heterocycles. The fourth-order valence-corrected chi connectivity index (χ4v) is 2.46. The Hall–Kier alpha value is -2.10. The average molecular weight is 288 g/mol. The zero-order valence-corrected chi connectivity index (χ0v) is 12.9. The molecule has 2 aromatic rings. The van der Waals surface area contributed by atoms with Crippen molar-refractivity contribution in [2.24, 2.45) is 0 Å². The lowest BCUT2D eigenvalue weighted by atomic mass is 10.0. The summed E-state index contributed by atoms with van der Waals surface area (Å²) in [5.41, 5.74) is 2.87. The second-order valence-corrected chi connectivity index (χ2v) is 5.15. The maximum atomic E-state index is 12.0. The Labute approximate surface area is 123 Å². The number of hydrogen-bond donors (Lipinski definition) is 0. The molecule has 112 valence electrons. The van der Waals surface area contributed by atoms with E-state index >= 15 is 0 Å². The molecule has 0 saturated carbocycles. The average Bonchev–Trinajstić information content (AvgIpc) is 2.44. The first-order valence-corrected chi connectivity index (χ1v) is 7.19. The normalized spacial score (nSPS) is 10.9. The molecule has 0 unspecified atom stereocenters. The molecular weight excluding hydrogens is 268 g/mol. The van der Waals surface area contributed by atoms with Gasteiger partial charge in [0.2, 0.25) is 0 Å². The number of benzene rings is 1. The highest BCUT2D eigenvalue weighted by atomic mass is 16.5. The molecule has 0 fully saturated rings. The maximum absolute atomic E-state index is 12.0. The van der Waals surface area contributed by atoms with E-state index in [1.165, 1.54) is 6.92 Å². The Balaban J connectivity index is 2.64. The van der Waals surface area contributed by atoms with Gasteiger partial charge in [-0.1, -0.05) is 13.8 Å². The highest BCUT2D eigenvalue weighted by Crippen LogP contribution is 2.29. The van der Waals surface area contributed by atoms with E-state index in [4.69, 9.17) is 9.15 Å². The van der Waals surface area contributed by atoms with Gasteiger partial charge in [0.1, 0.15) is 17.9 Å². The standard InChI is InChI=1S/C17H20O4/c1-5-12-7-14-11(4)13(6-2)17(19)21-16(14)8-15(12)20-9-10(3)18/h7-8H,5-6,9H2,1-4H3. The van der Waals surface area contributed by atoms with Crippen molar-refractivity contribution in [1.29, 1.82) is 0 Å². The lowest BCUT2D eigenvalue weighted by molar-refractivity contribution is -0.118. The zero-order chi connectivity index (χ0) is 15.6. The SMILES string of the molecule is CCc1cc2c(C)c(CC)c(=O)oc2cc1OCC(C)=O. The Morgan fingerprint density at radius 3 is 2.52 bits per heavy atom. The summed E-state index contributed by atoms with van der Waals surface area (Å²) >= 11 is 0. The van der Waals surface area contributed by atoms with Crippen LogP contribution in [0.25, 0.3) is 11.0 Å². The van der Waals surface area contributed by atoms with Gasteiger partial charge >= 0.3 is 5.63 Å². The molecule has 1 aromatic carbocycles. The molecule has 4 heteroatoms. The number of Topliss-reactive ketones (excluding diaryl/α,β-unsaturated/α-hetero) is 1. The molecule has 0 atom stereocenters. The molecule has 0 bridgehead atoms. The minimum absolute atomic E-state index is 0.0226. The van der Waals surface area contributed by atoms with E-state index in [1.54, 1.807) is 6.07 Å². The van der Waals surface area contributed by atoms with Gasteiger partial charge in [0.15, 0.2) is 5.78 Å².